The largest absolute Gasteiger partial charge is 0.378 e. The van der Waals surface area contributed by atoms with Crippen molar-refractivity contribution in [2.24, 2.45) is 0 Å². The highest BCUT2D eigenvalue weighted by molar-refractivity contribution is 7.89. The topological polar surface area (TPSA) is 75.7 Å². The number of nitrogens with one attached hydrogen (secondary N) is 1. The first-order valence-corrected chi connectivity index (χ1v) is 11.3. The molecule has 2 unspecified atom stereocenters. The van der Waals surface area contributed by atoms with Crippen LogP contribution in [0, 0.1) is 6.92 Å². The van der Waals surface area contributed by atoms with E-state index >= 15 is 0 Å². The number of ether oxygens (including phenoxy) is 1. The molecule has 0 aliphatic carbocycles. The summed E-state index contributed by atoms with van der Waals surface area (Å²) in [5.41, 5.74) is 2.02. The molecule has 0 bridgehead atoms. The minimum absolute atomic E-state index is 0.0362. The number of anilines is 1. The molecule has 156 valence electrons. The second-order valence-electron chi connectivity index (χ2n) is 7.35. The third kappa shape index (κ3) is 5.17. The first-order valence-electron chi connectivity index (χ1n) is 9.45. The molecule has 2 atom stereocenters. The molecule has 29 heavy (non-hydrogen) atoms. The molecule has 3 rings (SSSR count). The van der Waals surface area contributed by atoms with Crippen LogP contribution in [0.3, 0.4) is 0 Å². The van der Waals surface area contributed by atoms with E-state index in [1.165, 1.54) is 16.4 Å². The number of benzene rings is 2. The van der Waals surface area contributed by atoms with Crippen LogP contribution in [0.4, 0.5) is 5.69 Å². The Morgan fingerprint density at radius 2 is 1.86 bits per heavy atom. The highest BCUT2D eigenvalue weighted by Gasteiger charge is 2.32. The van der Waals surface area contributed by atoms with Crippen molar-refractivity contribution in [1.29, 1.82) is 0 Å². The first kappa shape index (κ1) is 21.8. The lowest BCUT2D eigenvalue weighted by atomic mass is 10.1. The Bertz CT molecular complexity index is 999. The van der Waals surface area contributed by atoms with Crippen molar-refractivity contribution in [3.8, 4) is 0 Å². The minimum Gasteiger partial charge on any atom is -0.378 e. The highest BCUT2D eigenvalue weighted by atomic mass is 35.5. The molecule has 0 radical (unpaired) electrons. The molecule has 6 nitrogen and oxygen atoms in total. The summed E-state index contributed by atoms with van der Waals surface area (Å²) in [7, 11) is -3.70. The van der Waals surface area contributed by atoms with Gasteiger partial charge in [-0.1, -0.05) is 29.8 Å². The lowest BCUT2D eigenvalue weighted by Crippen LogP contribution is -2.48. The van der Waals surface area contributed by atoms with E-state index in [-0.39, 0.29) is 29.4 Å². The van der Waals surface area contributed by atoms with Crippen molar-refractivity contribution in [1.82, 2.24) is 4.31 Å². The molecular weight excluding hydrogens is 412 g/mol. The quantitative estimate of drug-likeness (QED) is 0.698. The van der Waals surface area contributed by atoms with Gasteiger partial charge in [-0.15, -0.1) is 0 Å². The average Bonchev–Trinajstić information content (AvgIpc) is 2.68. The van der Waals surface area contributed by atoms with Crippen LogP contribution in [0.1, 0.15) is 29.8 Å². The molecule has 1 aliphatic heterocycles. The van der Waals surface area contributed by atoms with Gasteiger partial charge in [-0.2, -0.15) is 4.31 Å². The van der Waals surface area contributed by atoms with E-state index in [1.54, 1.807) is 18.2 Å². The van der Waals surface area contributed by atoms with Crippen LogP contribution in [0.2, 0.25) is 5.02 Å². The lowest BCUT2D eigenvalue weighted by molar-refractivity contribution is -0.0440. The van der Waals surface area contributed by atoms with E-state index in [2.05, 4.69) is 5.32 Å². The number of morpholine rings is 1. The van der Waals surface area contributed by atoms with Crippen LogP contribution in [0.15, 0.2) is 47.4 Å². The van der Waals surface area contributed by atoms with Crippen LogP contribution in [-0.2, 0) is 14.8 Å². The minimum atomic E-state index is -3.70. The first-order chi connectivity index (χ1) is 13.7. The average molecular weight is 437 g/mol. The number of Topliss-reactive ketones (excluding diaryl/α,β-unsaturated/α-hetero) is 1. The van der Waals surface area contributed by atoms with Gasteiger partial charge in [-0.25, -0.2) is 8.42 Å². The van der Waals surface area contributed by atoms with Gasteiger partial charge in [0.1, 0.15) is 0 Å². The molecule has 2 aromatic rings. The van der Waals surface area contributed by atoms with Crippen LogP contribution in [-0.4, -0.2) is 50.3 Å². The van der Waals surface area contributed by atoms with E-state index in [0.29, 0.717) is 23.7 Å². The standard InChI is InChI=1S/C21H25ClN2O4S/c1-14-7-8-18(10-20(14)22)23-11-21(25)17-5-4-6-19(9-17)29(26,27)24-12-15(2)28-16(3)13-24/h4-10,15-16,23H,11-13H2,1-3H3. The Balaban J connectivity index is 1.74. The normalized spacial score (nSPS) is 20.4. The maximum atomic E-state index is 13.0. The summed E-state index contributed by atoms with van der Waals surface area (Å²) in [5, 5.41) is 3.65. The summed E-state index contributed by atoms with van der Waals surface area (Å²) in [6.07, 6.45) is -0.354. The van der Waals surface area contributed by atoms with Gasteiger partial charge >= 0.3 is 0 Å². The van der Waals surface area contributed by atoms with Crippen LogP contribution >= 0.6 is 11.6 Å². The lowest BCUT2D eigenvalue weighted by Gasteiger charge is -2.34. The maximum absolute atomic E-state index is 13.0. The van der Waals surface area contributed by atoms with Gasteiger partial charge < -0.3 is 10.1 Å². The fraction of sp³-hybridized carbons (Fsp3) is 0.381. The zero-order chi connectivity index (χ0) is 21.2. The molecule has 0 spiro atoms. The monoisotopic (exact) mass is 436 g/mol. The van der Waals surface area contributed by atoms with Crippen molar-refractivity contribution in [3.63, 3.8) is 0 Å². The molecule has 8 heteroatoms. The fourth-order valence-electron chi connectivity index (χ4n) is 3.29. The second-order valence-corrected chi connectivity index (χ2v) is 9.69. The number of nitrogens with zero attached hydrogens (tertiary/aromatic N) is 1. The van der Waals surface area contributed by atoms with Gasteiger partial charge in [-0.05, 0) is 50.6 Å². The number of halogens is 1. The fourth-order valence-corrected chi connectivity index (χ4v) is 5.11. The molecule has 2 aromatic carbocycles. The number of carbonyl (C=O) groups is 1. The molecule has 1 heterocycles. The van der Waals surface area contributed by atoms with Crippen LogP contribution < -0.4 is 5.32 Å². The molecule has 1 N–H and O–H groups in total. The highest BCUT2D eigenvalue weighted by Crippen LogP contribution is 2.23. The Morgan fingerprint density at radius 3 is 2.52 bits per heavy atom. The van der Waals surface area contributed by atoms with Gasteiger partial charge in [0, 0.05) is 29.4 Å². The number of aryl methyl sites for hydroxylation is 1. The zero-order valence-electron chi connectivity index (χ0n) is 16.7. The smallest absolute Gasteiger partial charge is 0.243 e. The van der Waals surface area contributed by atoms with E-state index in [4.69, 9.17) is 16.3 Å². The van der Waals surface area contributed by atoms with Crippen molar-refractivity contribution >= 4 is 33.1 Å². The van der Waals surface area contributed by atoms with E-state index in [9.17, 15) is 13.2 Å². The summed E-state index contributed by atoms with van der Waals surface area (Å²) in [6, 6.07) is 11.6. The Hall–Kier alpha value is -1.93. The molecule has 1 aliphatic rings. The predicted molar refractivity (Wildman–Crippen MR) is 114 cm³/mol. The van der Waals surface area contributed by atoms with Gasteiger partial charge in [-0.3, -0.25) is 4.79 Å². The molecular formula is C21H25ClN2O4S. The second kappa shape index (κ2) is 8.83. The van der Waals surface area contributed by atoms with Crippen LogP contribution in [0.25, 0.3) is 0 Å². The summed E-state index contributed by atoms with van der Waals surface area (Å²) in [6.45, 7) is 6.22. The summed E-state index contributed by atoms with van der Waals surface area (Å²) >= 11 is 6.11. The molecule has 1 fully saturated rings. The number of hydrogen-bond donors (Lipinski definition) is 1. The van der Waals surface area contributed by atoms with Crippen molar-refractivity contribution in [3.05, 3.63) is 58.6 Å². The van der Waals surface area contributed by atoms with Crippen molar-refractivity contribution in [2.75, 3.05) is 25.0 Å². The Morgan fingerprint density at radius 1 is 1.17 bits per heavy atom. The predicted octanol–water partition coefficient (Wildman–Crippen LogP) is 3.74. The molecule has 0 saturated carbocycles. The third-order valence-electron chi connectivity index (χ3n) is 4.80. The molecule has 0 aromatic heterocycles. The summed E-state index contributed by atoms with van der Waals surface area (Å²) < 4.78 is 33.1. The summed E-state index contributed by atoms with van der Waals surface area (Å²) in [5.74, 6) is -0.206. The number of sulfonamides is 1. The number of hydrogen-bond acceptors (Lipinski definition) is 5. The van der Waals surface area contributed by atoms with Gasteiger partial charge in [0.2, 0.25) is 10.0 Å². The van der Waals surface area contributed by atoms with Gasteiger partial charge in [0.05, 0.1) is 23.6 Å². The maximum Gasteiger partial charge on any atom is 0.243 e. The summed E-state index contributed by atoms with van der Waals surface area (Å²) in [4.78, 5) is 12.7. The van der Waals surface area contributed by atoms with Crippen molar-refractivity contribution < 1.29 is 17.9 Å². The van der Waals surface area contributed by atoms with Crippen molar-refractivity contribution in [2.45, 2.75) is 37.9 Å². The Kier molecular flexibility index (Phi) is 6.63. The van der Waals surface area contributed by atoms with Gasteiger partial charge in [0.25, 0.3) is 0 Å². The number of carbonyl (C=O) groups excluding carboxylic acids is 1. The number of ketones is 1. The SMILES string of the molecule is Cc1ccc(NCC(=O)c2cccc(S(=O)(=O)N3CC(C)OC(C)C3)c2)cc1Cl. The third-order valence-corrected chi connectivity index (χ3v) is 7.04. The van der Waals surface area contributed by atoms with E-state index in [0.717, 1.165) is 11.3 Å². The Labute approximate surface area is 176 Å². The molecule has 0 amide bonds. The van der Waals surface area contributed by atoms with E-state index < -0.39 is 10.0 Å². The van der Waals surface area contributed by atoms with E-state index in [1.807, 2.05) is 32.9 Å². The van der Waals surface area contributed by atoms with Gasteiger partial charge in [0.15, 0.2) is 5.78 Å². The zero-order valence-corrected chi connectivity index (χ0v) is 18.3. The van der Waals surface area contributed by atoms with Crippen LogP contribution in [0.5, 0.6) is 0 Å². The number of rotatable bonds is 6. The molecule has 1 saturated heterocycles.